The highest BCUT2D eigenvalue weighted by molar-refractivity contribution is 5.51. The Balaban J connectivity index is 1.34. The smallest absolute Gasteiger partial charge is 0.162 e. The standard InChI is InChI=1S/C39H45NO5/c1-24-11-25(2)14-28(13-24)22-44-38-17-30-9-10-40-34(31-7-8-36(42-5)37(18-31)43-6)19-32(41)20-35(40)33(30)21-39(38)45-23-29-15-26(3)12-27(4)16-29/h7-8,11-18,21,32,34-35,41H,9-10,19-20,22-23H2,1-6H3/t32-,34-,35-/m0/s1. The third-order valence-corrected chi connectivity index (χ3v) is 9.14. The maximum atomic E-state index is 11.2. The normalized spacial score (nSPS) is 19.4. The van der Waals surface area contributed by atoms with Gasteiger partial charge in [-0.15, -0.1) is 0 Å². The Morgan fingerprint density at radius 2 is 1.20 bits per heavy atom. The number of hydrogen-bond donors (Lipinski definition) is 1. The molecule has 45 heavy (non-hydrogen) atoms. The molecule has 1 fully saturated rings. The number of benzene rings is 4. The lowest BCUT2D eigenvalue weighted by Gasteiger charge is -2.47. The maximum Gasteiger partial charge on any atom is 0.162 e. The number of hydrogen-bond acceptors (Lipinski definition) is 6. The zero-order valence-corrected chi connectivity index (χ0v) is 27.4. The van der Waals surface area contributed by atoms with Gasteiger partial charge in [-0.25, -0.2) is 0 Å². The highest BCUT2D eigenvalue weighted by Crippen LogP contribution is 2.48. The molecule has 2 aliphatic rings. The van der Waals surface area contributed by atoms with Crippen molar-refractivity contribution in [1.82, 2.24) is 4.90 Å². The van der Waals surface area contributed by atoms with Gasteiger partial charge in [-0.3, -0.25) is 4.90 Å². The molecule has 236 valence electrons. The number of ether oxygens (including phenoxy) is 4. The van der Waals surface area contributed by atoms with Gasteiger partial charge in [-0.1, -0.05) is 64.7 Å². The lowest BCUT2D eigenvalue weighted by molar-refractivity contribution is -0.00697. The van der Waals surface area contributed by atoms with Crippen molar-refractivity contribution in [2.24, 2.45) is 0 Å². The van der Waals surface area contributed by atoms with Gasteiger partial charge in [0.05, 0.1) is 20.3 Å². The second kappa shape index (κ2) is 13.2. The number of aliphatic hydroxyl groups excluding tert-OH is 1. The van der Waals surface area contributed by atoms with E-state index in [2.05, 4.69) is 93.3 Å². The second-order valence-corrected chi connectivity index (χ2v) is 12.8. The fourth-order valence-electron chi connectivity index (χ4n) is 7.35. The molecular weight excluding hydrogens is 562 g/mol. The summed E-state index contributed by atoms with van der Waals surface area (Å²) >= 11 is 0. The van der Waals surface area contributed by atoms with Gasteiger partial charge in [0.15, 0.2) is 23.0 Å². The number of fused-ring (bicyclic) bond motifs is 3. The highest BCUT2D eigenvalue weighted by atomic mass is 16.5. The molecule has 0 aromatic heterocycles. The predicted molar refractivity (Wildman–Crippen MR) is 178 cm³/mol. The van der Waals surface area contributed by atoms with Crippen LogP contribution in [0.25, 0.3) is 0 Å². The SMILES string of the molecule is COc1ccc([C@@H]2C[C@H](O)C[C@H]3c4cc(OCc5cc(C)cc(C)c5)c(OCc5cc(C)cc(C)c5)cc4CCN23)cc1OC. The molecule has 1 saturated heterocycles. The lowest BCUT2D eigenvalue weighted by Crippen LogP contribution is -2.45. The Morgan fingerprint density at radius 1 is 0.644 bits per heavy atom. The molecule has 1 N–H and O–H groups in total. The van der Waals surface area contributed by atoms with Crippen LogP contribution in [0.15, 0.2) is 66.7 Å². The summed E-state index contributed by atoms with van der Waals surface area (Å²) in [6, 6.07) is 23.7. The van der Waals surface area contributed by atoms with Gasteiger partial charge >= 0.3 is 0 Å². The molecular formula is C39H45NO5. The van der Waals surface area contributed by atoms with E-state index in [-0.39, 0.29) is 12.1 Å². The van der Waals surface area contributed by atoms with E-state index in [0.717, 1.165) is 41.2 Å². The first-order valence-corrected chi connectivity index (χ1v) is 15.9. The summed E-state index contributed by atoms with van der Waals surface area (Å²) in [5, 5.41) is 11.2. The van der Waals surface area contributed by atoms with Crippen LogP contribution in [0.5, 0.6) is 23.0 Å². The quantitative estimate of drug-likeness (QED) is 0.209. The van der Waals surface area contributed by atoms with Crippen LogP contribution >= 0.6 is 0 Å². The summed E-state index contributed by atoms with van der Waals surface area (Å²) in [7, 11) is 3.32. The summed E-state index contributed by atoms with van der Waals surface area (Å²) in [5.41, 5.74) is 10.8. The molecule has 4 aromatic carbocycles. The van der Waals surface area contributed by atoms with E-state index in [1.807, 2.05) is 6.07 Å². The molecule has 0 aliphatic carbocycles. The van der Waals surface area contributed by atoms with Crippen molar-refractivity contribution >= 4 is 0 Å². The molecule has 3 atom stereocenters. The van der Waals surface area contributed by atoms with Crippen LogP contribution in [-0.2, 0) is 19.6 Å². The fraction of sp³-hybridized carbons (Fsp3) is 0.385. The number of aliphatic hydroxyl groups is 1. The molecule has 0 unspecified atom stereocenters. The number of piperidine rings is 1. The molecule has 6 rings (SSSR count). The maximum absolute atomic E-state index is 11.2. The summed E-state index contributed by atoms with van der Waals surface area (Å²) < 4.78 is 24.2. The Morgan fingerprint density at radius 3 is 1.78 bits per heavy atom. The van der Waals surface area contributed by atoms with E-state index >= 15 is 0 Å². The van der Waals surface area contributed by atoms with Gasteiger partial charge in [0.2, 0.25) is 0 Å². The zero-order chi connectivity index (χ0) is 31.7. The lowest BCUT2D eigenvalue weighted by atomic mass is 9.81. The van der Waals surface area contributed by atoms with Crippen LogP contribution in [0.1, 0.15) is 75.0 Å². The Labute approximate surface area is 267 Å². The highest BCUT2D eigenvalue weighted by Gasteiger charge is 2.40. The average Bonchev–Trinajstić information content (AvgIpc) is 3.01. The summed E-state index contributed by atoms with van der Waals surface area (Å²) in [5.74, 6) is 2.91. The monoisotopic (exact) mass is 607 g/mol. The van der Waals surface area contributed by atoms with Crippen molar-refractivity contribution in [2.45, 2.75) is 78.4 Å². The largest absolute Gasteiger partial charge is 0.493 e. The van der Waals surface area contributed by atoms with Crippen LogP contribution in [0.2, 0.25) is 0 Å². The molecule has 0 saturated carbocycles. The van der Waals surface area contributed by atoms with Gasteiger partial charge in [0, 0.05) is 18.6 Å². The predicted octanol–water partition coefficient (Wildman–Crippen LogP) is 7.89. The first-order valence-electron chi connectivity index (χ1n) is 15.9. The molecule has 6 heteroatoms. The third kappa shape index (κ3) is 6.82. The van der Waals surface area contributed by atoms with Crippen molar-refractivity contribution in [2.75, 3.05) is 20.8 Å². The number of methoxy groups -OCH3 is 2. The average molecular weight is 608 g/mol. The second-order valence-electron chi connectivity index (χ2n) is 12.8. The van der Waals surface area contributed by atoms with Gasteiger partial charge in [0.25, 0.3) is 0 Å². The molecule has 2 heterocycles. The van der Waals surface area contributed by atoms with Gasteiger partial charge < -0.3 is 24.1 Å². The Hall–Kier alpha value is -4.00. The van der Waals surface area contributed by atoms with E-state index < -0.39 is 6.10 Å². The van der Waals surface area contributed by atoms with Crippen molar-refractivity contribution in [3.05, 3.63) is 117 Å². The summed E-state index contributed by atoms with van der Waals surface area (Å²) in [4.78, 5) is 2.54. The number of rotatable bonds is 9. The van der Waals surface area contributed by atoms with E-state index in [1.54, 1.807) is 14.2 Å². The van der Waals surface area contributed by atoms with Gasteiger partial charge in [-0.2, -0.15) is 0 Å². The van der Waals surface area contributed by atoms with E-state index in [0.29, 0.717) is 37.6 Å². The first-order chi connectivity index (χ1) is 21.7. The number of aryl methyl sites for hydroxylation is 4. The molecule has 0 spiro atoms. The van der Waals surface area contributed by atoms with Crippen molar-refractivity contribution < 1.29 is 24.1 Å². The minimum Gasteiger partial charge on any atom is -0.493 e. The van der Waals surface area contributed by atoms with Crippen molar-refractivity contribution in [1.29, 1.82) is 0 Å². The van der Waals surface area contributed by atoms with E-state index in [4.69, 9.17) is 18.9 Å². The molecule has 6 nitrogen and oxygen atoms in total. The minimum atomic E-state index is -0.421. The van der Waals surface area contributed by atoms with E-state index in [9.17, 15) is 5.11 Å². The van der Waals surface area contributed by atoms with Gasteiger partial charge in [-0.05, 0) is 99.0 Å². The van der Waals surface area contributed by atoms with E-state index in [1.165, 1.54) is 33.4 Å². The molecule has 0 radical (unpaired) electrons. The van der Waals surface area contributed by atoms with Crippen LogP contribution < -0.4 is 18.9 Å². The van der Waals surface area contributed by atoms with Gasteiger partial charge in [0.1, 0.15) is 13.2 Å². The van der Waals surface area contributed by atoms with Crippen LogP contribution in [0.4, 0.5) is 0 Å². The summed E-state index contributed by atoms with van der Waals surface area (Å²) in [6.07, 6.45) is 1.82. The fourth-order valence-corrected chi connectivity index (χ4v) is 7.35. The van der Waals surface area contributed by atoms with Crippen LogP contribution in [0.3, 0.4) is 0 Å². The van der Waals surface area contributed by atoms with Crippen LogP contribution in [0, 0.1) is 27.7 Å². The molecule has 4 aromatic rings. The summed E-state index contributed by atoms with van der Waals surface area (Å²) in [6.45, 7) is 10.3. The van der Waals surface area contributed by atoms with Crippen molar-refractivity contribution in [3.8, 4) is 23.0 Å². The number of nitrogens with zero attached hydrogens (tertiary/aromatic N) is 1. The third-order valence-electron chi connectivity index (χ3n) is 9.14. The molecule has 0 amide bonds. The molecule has 0 bridgehead atoms. The minimum absolute atomic E-state index is 0.0619. The Bertz CT molecular complexity index is 1640. The Kier molecular flexibility index (Phi) is 9.06. The first kappa shape index (κ1) is 31.0. The topological polar surface area (TPSA) is 60.4 Å². The van der Waals surface area contributed by atoms with Crippen molar-refractivity contribution in [3.63, 3.8) is 0 Å². The zero-order valence-electron chi connectivity index (χ0n) is 27.4. The van der Waals surface area contributed by atoms with Crippen LogP contribution in [-0.4, -0.2) is 36.9 Å². The molecule has 2 aliphatic heterocycles.